The molecule has 2 aromatic carbocycles. The van der Waals surface area contributed by atoms with Gasteiger partial charge >= 0.3 is 0 Å². The van der Waals surface area contributed by atoms with Crippen LogP contribution in [0.25, 0.3) is 0 Å². The van der Waals surface area contributed by atoms with Crippen molar-refractivity contribution in [2.75, 3.05) is 0 Å². The lowest BCUT2D eigenvalue weighted by molar-refractivity contribution is 0.300. The maximum atomic E-state index is 6.14. The summed E-state index contributed by atoms with van der Waals surface area (Å²) in [6.07, 6.45) is 0. The monoisotopic (exact) mass is 346 g/mol. The molecule has 0 heterocycles. The number of ether oxygens (including phenoxy) is 1. The highest BCUT2D eigenvalue weighted by Gasteiger charge is 2.09. The lowest BCUT2D eigenvalue weighted by Crippen LogP contribution is -2.04. The number of rotatable bonds is 4. The van der Waals surface area contributed by atoms with Crippen molar-refractivity contribution in [1.82, 2.24) is 0 Å². The lowest BCUT2D eigenvalue weighted by Gasteiger charge is -2.16. The first kappa shape index (κ1) is 16.1. The molecule has 2 rings (SSSR count). The molecule has 112 valence electrons. The van der Waals surface area contributed by atoms with Crippen LogP contribution in [0.5, 0.6) is 5.75 Å². The maximum Gasteiger partial charge on any atom is 0.125 e. The summed E-state index contributed by atoms with van der Waals surface area (Å²) in [7, 11) is 0. The molecule has 0 radical (unpaired) electrons. The van der Waals surface area contributed by atoms with Gasteiger partial charge in [0.15, 0.2) is 0 Å². The minimum absolute atomic E-state index is 0.632. The fourth-order valence-electron chi connectivity index (χ4n) is 2.93. The minimum atomic E-state index is 0.632. The molecule has 0 bridgehead atoms. The second kappa shape index (κ2) is 6.65. The van der Waals surface area contributed by atoms with Crippen LogP contribution in [0.15, 0.2) is 24.3 Å². The predicted octanol–water partition coefficient (Wildman–Crippen LogP) is 5.70. The molecule has 0 amide bonds. The highest BCUT2D eigenvalue weighted by molar-refractivity contribution is 9.08. The van der Waals surface area contributed by atoms with Gasteiger partial charge < -0.3 is 4.74 Å². The van der Waals surface area contributed by atoms with Crippen molar-refractivity contribution < 1.29 is 4.74 Å². The van der Waals surface area contributed by atoms with Gasteiger partial charge in [-0.2, -0.15) is 0 Å². The molecule has 21 heavy (non-hydrogen) atoms. The van der Waals surface area contributed by atoms with E-state index in [9.17, 15) is 0 Å². The Kier molecular flexibility index (Phi) is 5.10. The van der Waals surface area contributed by atoms with E-state index < -0.39 is 0 Å². The van der Waals surface area contributed by atoms with Crippen LogP contribution in [0.1, 0.15) is 38.9 Å². The number of benzene rings is 2. The highest BCUT2D eigenvalue weighted by Crippen LogP contribution is 2.27. The second-order valence-electron chi connectivity index (χ2n) is 5.86. The Morgan fingerprint density at radius 2 is 1.33 bits per heavy atom. The third-order valence-corrected chi connectivity index (χ3v) is 4.52. The van der Waals surface area contributed by atoms with Crippen molar-refractivity contribution in [3.63, 3.8) is 0 Å². The van der Waals surface area contributed by atoms with Gasteiger partial charge in [-0.25, -0.2) is 0 Å². The number of aryl methyl sites for hydroxylation is 5. The zero-order chi connectivity index (χ0) is 15.6. The van der Waals surface area contributed by atoms with Crippen LogP contribution in [-0.2, 0) is 11.9 Å². The van der Waals surface area contributed by atoms with Gasteiger partial charge in [-0.05, 0) is 68.0 Å². The SMILES string of the molecule is Cc1cc(C)c(COc2c(C)cc(CBr)cc2C)c(C)c1. The van der Waals surface area contributed by atoms with E-state index in [1.165, 1.54) is 38.9 Å². The van der Waals surface area contributed by atoms with Gasteiger partial charge in [0.25, 0.3) is 0 Å². The van der Waals surface area contributed by atoms with E-state index >= 15 is 0 Å². The second-order valence-corrected chi connectivity index (χ2v) is 6.42. The topological polar surface area (TPSA) is 9.23 Å². The first-order valence-electron chi connectivity index (χ1n) is 7.28. The molecule has 0 aliphatic rings. The fourth-order valence-corrected chi connectivity index (χ4v) is 3.25. The molecule has 0 unspecified atom stereocenters. The standard InChI is InChI=1S/C19H23BrO/c1-12-6-13(2)18(14(3)7-12)11-21-19-15(4)8-17(10-20)9-16(19)5/h6-9H,10-11H2,1-5H3. The molecule has 2 aromatic rings. The van der Waals surface area contributed by atoms with Crippen LogP contribution >= 0.6 is 15.9 Å². The molecule has 0 aliphatic heterocycles. The highest BCUT2D eigenvalue weighted by atomic mass is 79.9. The molecule has 0 saturated heterocycles. The molecule has 0 N–H and O–H groups in total. The van der Waals surface area contributed by atoms with Crippen molar-refractivity contribution in [1.29, 1.82) is 0 Å². The first-order chi connectivity index (χ1) is 9.92. The van der Waals surface area contributed by atoms with Gasteiger partial charge in [0.1, 0.15) is 12.4 Å². The molecule has 0 fully saturated rings. The van der Waals surface area contributed by atoms with Crippen molar-refractivity contribution in [2.24, 2.45) is 0 Å². The van der Waals surface area contributed by atoms with Gasteiger partial charge in [-0.1, -0.05) is 45.8 Å². The summed E-state index contributed by atoms with van der Waals surface area (Å²) >= 11 is 3.51. The molecule has 0 saturated carbocycles. The van der Waals surface area contributed by atoms with Crippen LogP contribution in [0.2, 0.25) is 0 Å². The Balaban J connectivity index is 2.25. The van der Waals surface area contributed by atoms with Gasteiger partial charge in [0, 0.05) is 5.33 Å². The van der Waals surface area contributed by atoms with Crippen LogP contribution in [0.3, 0.4) is 0 Å². The van der Waals surface area contributed by atoms with Gasteiger partial charge in [-0.3, -0.25) is 0 Å². The summed E-state index contributed by atoms with van der Waals surface area (Å²) < 4.78 is 6.14. The number of alkyl halides is 1. The number of hydrogen-bond donors (Lipinski definition) is 0. The van der Waals surface area contributed by atoms with Crippen molar-refractivity contribution in [2.45, 2.75) is 46.6 Å². The number of hydrogen-bond acceptors (Lipinski definition) is 1. The number of halogens is 1. The van der Waals surface area contributed by atoms with Crippen LogP contribution in [0.4, 0.5) is 0 Å². The van der Waals surface area contributed by atoms with Crippen LogP contribution in [-0.4, -0.2) is 0 Å². The average Bonchev–Trinajstić information content (AvgIpc) is 2.39. The largest absolute Gasteiger partial charge is 0.488 e. The van der Waals surface area contributed by atoms with Gasteiger partial charge in [-0.15, -0.1) is 0 Å². The average molecular weight is 347 g/mol. The Hall–Kier alpha value is -1.28. The van der Waals surface area contributed by atoms with Crippen LogP contribution in [0, 0.1) is 34.6 Å². The normalized spacial score (nSPS) is 10.8. The van der Waals surface area contributed by atoms with Crippen molar-refractivity contribution in [3.8, 4) is 5.75 Å². The summed E-state index contributed by atoms with van der Waals surface area (Å²) in [5.41, 5.74) is 8.91. The molecule has 0 aliphatic carbocycles. The van der Waals surface area contributed by atoms with Gasteiger partial charge in [0.2, 0.25) is 0 Å². The quantitative estimate of drug-likeness (QED) is 0.645. The molecule has 0 aromatic heterocycles. The smallest absolute Gasteiger partial charge is 0.125 e. The maximum absolute atomic E-state index is 6.14. The van der Waals surface area contributed by atoms with E-state index in [2.05, 4.69) is 74.8 Å². The zero-order valence-electron chi connectivity index (χ0n) is 13.5. The Morgan fingerprint density at radius 3 is 1.81 bits per heavy atom. The Labute approximate surface area is 136 Å². The van der Waals surface area contributed by atoms with E-state index in [1.54, 1.807) is 0 Å². The molecule has 1 nitrogen and oxygen atoms in total. The third-order valence-electron chi connectivity index (χ3n) is 3.88. The minimum Gasteiger partial charge on any atom is -0.488 e. The fraction of sp³-hybridized carbons (Fsp3) is 0.368. The van der Waals surface area contributed by atoms with E-state index in [4.69, 9.17) is 4.74 Å². The van der Waals surface area contributed by atoms with E-state index in [1.807, 2.05) is 0 Å². The van der Waals surface area contributed by atoms with E-state index in [0.717, 1.165) is 11.1 Å². The third kappa shape index (κ3) is 3.68. The summed E-state index contributed by atoms with van der Waals surface area (Å²) in [5, 5.41) is 0.880. The Bertz CT molecular complexity index is 613. The van der Waals surface area contributed by atoms with Crippen LogP contribution < -0.4 is 4.74 Å². The first-order valence-corrected chi connectivity index (χ1v) is 8.40. The summed E-state index contributed by atoms with van der Waals surface area (Å²) in [5.74, 6) is 1.01. The van der Waals surface area contributed by atoms with E-state index in [-0.39, 0.29) is 0 Å². The zero-order valence-corrected chi connectivity index (χ0v) is 15.1. The summed E-state index contributed by atoms with van der Waals surface area (Å²) in [6.45, 7) is 11.3. The molecule has 0 atom stereocenters. The van der Waals surface area contributed by atoms with Crippen molar-refractivity contribution in [3.05, 3.63) is 63.2 Å². The molecule has 0 spiro atoms. The molecular formula is C19H23BrO. The van der Waals surface area contributed by atoms with Crippen molar-refractivity contribution >= 4 is 15.9 Å². The predicted molar refractivity (Wildman–Crippen MR) is 93.5 cm³/mol. The lowest BCUT2D eigenvalue weighted by atomic mass is 10.0. The van der Waals surface area contributed by atoms with E-state index in [0.29, 0.717) is 6.61 Å². The summed E-state index contributed by atoms with van der Waals surface area (Å²) in [6, 6.07) is 8.82. The molecular weight excluding hydrogens is 324 g/mol. The van der Waals surface area contributed by atoms with Gasteiger partial charge in [0.05, 0.1) is 0 Å². The summed E-state index contributed by atoms with van der Waals surface area (Å²) in [4.78, 5) is 0. The molecule has 2 heteroatoms. The Morgan fingerprint density at radius 1 is 0.810 bits per heavy atom.